The van der Waals surface area contributed by atoms with Gasteiger partial charge in [-0.05, 0) is 213 Å². The van der Waals surface area contributed by atoms with Crippen LogP contribution < -0.4 is 54.4 Å². The van der Waals surface area contributed by atoms with Crippen molar-refractivity contribution in [3.63, 3.8) is 0 Å². The van der Waals surface area contributed by atoms with Crippen molar-refractivity contribution >= 4 is 86.1 Å². The number of fused-ring (bicyclic) bond motifs is 6. The Kier molecular flexibility index (Phi) is 45.1. The van der Waals surface area contributed by atoms with E-state index in [1.165, 1.54) is 41.8 Å². The van der Waals surface area contributed by atoms with Crippen LogP contribution in [0.2, 0.25) is 0 Å². The minimum Gasteiger partial charge on any atom is -0.508 e. The summed E-state index contributed by atoms with van der Waals surface area (Å²) >= 11 is 0. The molecule has 0 aliphatic carbocycles. The third-order valence-electron chi connectivity index (χ3n) is 24.6. The number of ketones is 4. The minimum absolute atomic E-state index is 0.00627. The van der Waals surface area contributed by atoms with Crippen LogP contribution in [0.4, 0.5) is 5.69 Å². The maximum absolute atomic E-state index is 14.6. The molecule has 13 atom stereocenters. The summed E-state index contributed by atoms with van der Waals surface area (Å²) in [5.41, 5.74) is 19.5. The van der Waals surface area contributed by atoms with E-state index < -0.39 is 127 Å². The van der Waals surface area contributed by atoms with Gasteiger partial charge in [-0.15, -0.1) is 0 Å². The zero-order valence-corrected chi connectivity index (χ0v) is 77.2. The van der Waals surface area contributed by atoms with Crippen molar-refractivity contribution in [2.45, 2.75) is 302 Å². The van der Waals surface area contributed by atoms with E-state index in [1.54, 1.807) is 36.4 Å². The van der Waals surface area contributed by atoms with Crippen molar-refractivity contribution in [2.24, 2.45) is 52.7 Å². The lowest BCUT2D eigenvalue weighted by atomic mass is 9.85. The number of carbonyl (C=O) groups excluding carboxylic acids is 12. The van der Waals surface area contributed by atoms with Crippen LogP contribution in [0.5, 0.6) is 11.5 Å². The summed E-state index contributed by atoms with van der Waals surface area (Å²) in [5, 5.41) is 54.4. The molecule has 0 aromatic heterocycles. The summed E-state index contributed by atoms with van der Waals surface area (Å²) < 4.78 is 29.2. The number of nitrogens with one attached hydrogen (secondary N) is 7. The molecule has 127 heavy (non-hydrogen) atoms. The van der Waals surface area contributed by atoms with Gasteiger partial charge in [0.15, 0.2) is 16.5 Å². The number of Topliss-reactive ketones (excluding diaryl/α,β-unsaturated/α-hetero) is 4. The van der Waals surface area contributed by atoms with E-state index in [2.05, 4.69) is 37.2 Å². The number of aromatic hydroxyl groups is 2. The molecule has 33 heteroatoms. The van der Waals surface area contributed by atoms with Crippen molar-refractivity contribution in [2.75, 3.05) is 52.4 Å². The number of nitrogens with two attached hydrogens (primary N) is 3. The number of nitro benzene ring substituents is 1. The molecule has 0 spiro atoms. The Labute approximate surface area is 750 Å². The number of hydrogen-bond acceptors (Lipinski definition) is 22. The van der Waals surface area contributed by atoms with Crippen LogP contribution >= 0.6 is 0 Å². The Bertz CT molecular complexity index is 4370. The Morgan fingerprint density at radius 2 is 1.06 bits per heavy atom. The molecular weight excluding hydrogens is 1650 g/mol. The third kappa shape index (κ3) is 33.7. The number of phenols is 2. The lowest BCUT2D eigenvalue weighted by molar-refractivity contribution is -0.387. The number of unbranched alkanes of at least 4 members (excludes halogenated alkanes) is 2. The SMILES string of the molecule is CCC(C)[C@H](NC(=O)[C@@H]1Cc2ccc(O)c(c2)CC=CCN(S(=O)(=O)c2ccccc2[N+](=O)[O-])CCCC[C@H](N)C(=O)N[C@@H](CCCCN)C(=O)N2CCC[C@H]2C(=O)N1)C(=O)C[C@@H](CC(C)C)C(C)=O.CCC(C)[C@H](NC(=O)[C@@H]1Cc2ccc(O)c(c2)CC=CCNCCCCCC(=O)N[C@@H](CCCCN)C(=O)N2CCC[C@H]2C(=O)N1)C(=O)C[C@@H](CC(C)C)C(C)=O. The average molecular weight is 1790 g/mol. The number of amides is 8. The van der Waals surface area contributed by atoms with Crippen molar-refractivity contribution in [1.29, 1.82) is 0 Å². The molecule has 704 valence electrons. The molecule has 3 aromatic carbocycles. The van der Waals surface area contributed by atoms with E-state index in [1.807, 2.05) is 73.6 Å². The number of sulfonamides is 1. The molecule has 0 radical (unpaired) electrons. The van der Waals surface area contributed by atoms with Crippen LogP contribution in [0.25, 0.3) is 0 Å². The largest absolute Gasteiger partial charge is 0.508 e. The lowest BCUT2D eigenvalue weighted by Crippen LogP contribution is -2.59. The van der Waals surface area contributed by atoms with E-state index in [9.17, 15) is 86.3 Å². The van der Waals surface area contributed by atoms with E-state index >= 15 is 0 Å². The topological polar surface area (TPSA) is 495 Å². The van der Waals surface area contributed by atoms with Gasteiger partial charge < -0.3 is 74.4 Å². The first-order valence-corrected chi connectivity index (χ1v) is 47.4. The molecule has 3 aromatic rings. The van der Waals surface area contributed by atoms with Gasteiger partial charge in [-0.25, -0.2) is 8.42 Å². The molecule has 2 saturated heterocycles. The van der Waals surface area contributed by atoms with Crippen molar-refractivity contribution in [3.05, 3.63) is 117 Å². The van der Waals surface area contributed by atoms with Gasteiger partial charge in [-0.2, -0.15) is 4.31 Å². The first-order chi connectivity index (χ1) is 60.4. The Hall–Kier alpha value is -9.67. The highest BCUT2D eigenvalue weighted by Gasteiger charge is 2.43. The molecule has 0 saturated carbocycles. The second kappa shape index (κ2) is 54.0. The molecule has 8 amide bonds. The number of hydrogen-bond donors (Lipinski definition) is 12. The fourth-order valence-corrected chi connectivity index (χ4v) is 18.3. The van der Waals surface area contributed by atoms with E-state index in [0.717, 1.165) is 35.8 Å². The normalized spacial score (nSPS) is 22.0. The van der Waals surface area contributed by atoms with Gasteiger partial charge >= 0.3 is 0 Å². The molecule has 15 N–H and O–H groups in total. The highest BCUT2D eigenvalue weighted by atomic mass is 32.2. The summed E-state index contributed by atoms with van der Waals surface area (Å²) in [7, 11) is -4.44. The first-order valence-electron chi connectivity index (χ1n) is 45.9. The van der Waals surface area contributed by atoms with Gasteiger partial charge in [0.1, 0.15) is 59.3 Å². The summed E-state index contributed by atoms with van der Waals surface area (Å²) in [6.07, 6.45) is 17.7. The average Bonchev–Trinajstić information content (AvgIpc) is 1.76. The second-order valence-corrected chi connectivity index (χ2v) is 37.5. The van der Waals surface area contributed by atoms with Crippen molar-refractivity contribution in [1.82, 2.24) is 51.3 Å². The van der Waals surface area contributed by atoms with Gasteiger partial charge in [0.05, 0.1) is 23.0 Å². The van der Waals surface area contributed by atoms with Crippen LogP contribution in [0.1, 0.15) is 239 Å². The van der Waals surface area contributed by atoms with Gasteiger partial charge in [-0.3, -0.25) is 67.6 Å². The van der Waals surface area contributed by atoms with Gasteiger partial charge in [0.2, 0.25) is 57.3 Å². The highest BCUT2D eigenvalue weighted by molar-refractivity contribution is 7.89. The van der Waals surface area contributed by atoms with Crippen molar-refractivity contribution in [3.8, 4) is 11.5 Å². The molecule has 2 fully saturated rings. The maximum atomic E-state index is 14.6. The zero-order valence-electron chi connectivity index (χ0n) is 76.3. The number of rotatable bonds is 31. The third-order valence-corrected chi connectivity index (χ3v) is 26.5. The molecule has 4 heterocycles. The fourth-order valence-electron chi connectivity index (χ4n) is 16.7. The number of carbonyl (C=O) groups is 12. The monoisotopic (exact) mass is 1790 g/mol. The van der Waals surface area contributed by atoms with Crippen LogP contribution in [-0.4, -0.2) is 215 Å². The molecule has 4 aliphatic rings. The number of nitro groups is 1. The molecule has 4 aliphatic heterocycles. The molecule has 2 unspecified atom stereocenters. The fraction of sp³-hybridized carbons (Fsp3) is 0.638. The number of nitrogens with zero attached hydrogens (tertiary/aromatic N) is 4. The van der Waals surface area contributed by atoms with E-state index in [-0.39, 0.29) is 160 Å². The van der Waals surface area contributed by atoms with E-state index in [0.29, 0.717) is 138 Å². The summed E-state index contributed by atoms with van der Waals surface area (Å²) in [6, 6.07) is 5.65. The maximum Gasteiger partial charge on any atom is 0.289 e. The van der Waals surface area contributed by atoms with Crippen LogP contribution in [0.15, 0.2) is 89.9 Å². The van der Waals surface area contributed by atoms with Gasteiger partial charge in [-0.1, -0.05) is 142 Å². The Morgan fingerprint density at radius 1 is 0.575 bits per heavy atom. The summed E-state index contributed by atoms with van der Waals surface area (Å²) in [6.45, 7) is 20.8. The molecular formula is C94H144N14O18S. The summed E-state index contributed by atoms with van der Waals surface area (Å²) in [4.78, 5) is 179. The van der Waals surface area contributed by atoms with Crippen LogP contribution in [-0.2, 0) is 93.2 Å². The minimum atomic E-state index is -4.44. The zero-order chi connectivity index (χ0) is 93.6. The molecule has 4 bridgehead atoms. The van der Waals surface area contributed by atoms with Gasteiger partial charge in [0.25, 0.3) is 5.69 Å². The number of benzene rings is 3. The lowest BCUT2D eigenvalue weighted by Gasteiger charge is -2.31. The van der Waals surface area contributed by atoms with E-state index in [4.69, 9.17) is 17.2 Å². The Balaban J connectivity index is 0.000000400. The predicted octanol–water partition coefficient (Wildman–Crippen LogP) is 8.00. The first kappa shape index (κ1) is 106. The van der Waals surface area contributed by atoms with Crippen LogP contribution in [0.3, 0.4) is 0 Å². The quantitative estimate of drug-likeness (QED) is 0.0126. The smallest absolute Gasteiger partial charge is 0.289 e. The Morgan fingerprint density at radius 3 is 1.52 bits per heavy atom. The number of para-hydroxylation sites is 1. The van der Waals surface area contributed by atoms with Crippen molar-refractivity contribution < 1.29 is 81.1 Å². The van der Waals surface area contributed by atoms with Gasteiger partial charge in [0, 0.05) is 82.7 Å². The molecule has 7 rings (SSSR count). The van der Waals surface area contributed by atoms with Crippen LogP contribution in [0, 0.1) is 45.6 Å². The second-order valence-electron chi connectivity index (χ2n) is 35.6. The standard InChI is InChI=1S/C50H74N8O11S.C44H70N6O7/c1-6-33(4)46(44(61)31-37(34(5)59)28-32(2)3)55-48(63)40-30-35-22-23-43(60)36(29-35)16-10-13-25-56(70(68,69)45-21-8-7-19-41(45)58(66)67)26-14-11-17-38(52)47(62)53-39(18-9-12-24-51)50(65)57-27-15-20-42(57)49(64)54-40;1-6-30(4)41(39(53)28-34(31(5)51)25-29(2)3)49-42(55)36-27-32-19-20-38(52)33(26-32)15-10-13-23-46-22-12-7-8-18-40(54)47-35(16-9-11-21-45)44(57)50-24-14-17-37(50)43(56)48-36/h7-8,10,13,19,21-23,29,32-33,37-40,42,46,60H,6,9,11-12,14-18,20,24-28,30-31,51-52H2,1-5H3,(H,53,62)(H,54,64)(H,55,63);10,13,19-20,26,29-30,34-37,41,46,52H,6-9,11-12,14-18,21-25,27-28,45H2,1-5H3,(H,47,54)(H,48,56)(H,49,55)/t33?,37-,38+,39+,40+,42+,46+;30?,34-,35+,36+,37+,41+/m11/s1. The summed E-state index contributed by atoms with van der Waals surface area (Å²) in [5.74, 6) is -5.97. The number of allylic oxidation sites excluding steroid dienone is 2. The highest BCUT2D eigenvalue weighted by Crippen LogP contribution is 2.31. The molecule has 32 nitrogen and oxygen atoms in total. The number of phenolic OH excluding ortho intramolecular Hbond substituents is 2. The predicted molar refractivity (Wildman–Crippen MR) is 487 cm³/mol.